The number of likely N-dealkylation sites (tertiary alicyclic amines) is 2. The van der Waals surface area contributed by atoms with Gasteiger partial charge in [-0.15, -0.1) is 0 Å². The first-order valence-electron chi connectivity index (χ1n) is 13.3. The molecule has 6 nitrogen and oxygen atoms in total. The van der Waals surface area contributed by atoms with E-state index in [1.54, 1.807) is 4.90 Å². The van der Waals surface area contributed by atoms with E-state index in [1.807, 2.05) is 33.2 Å². The number of hydrogen-bond donors (Lipinski definition) is 1. The van der Waals surface area contributed by atoms with Crippen LogP contribution in [0.5, 0.6) is 0 Å². The summed E-state index contributed by atoms with van der Waals surface area (Å²) in [5.41, 5.74) is 2.21. The fourth-order valence-electron chi connectivity index (χ4n) is 5.95. The maximum Gasteiger partial charge on any atom is 0.410 e. The maximum atomic E-state index is 12.5. The fourth-order valence-corrected chi connectivity index (χ4v) is 5.95. The molecule has 36 heavy (non-hydrogen) atoms. The number of amides is 1. The van der Waals surface area contributed by atoms with Gasteiger partial charge in [0.25, 0.3) is 0 Å². The number of piperidine rings is 1. The summed E-state index contributed by atoms with van der Waals surface area (Å²) in [5.74, 6) is 0.731. The van der Waals surface area contributed by atoms with Crippen LogP contribution < -0.4 is 0 Å². The average molecular weight is 494 g/mol. The fraction of sp³-hybridized carbons (Fsp3) is 0.600. The number of benzene rings is 1. The van der Waals surface area contributed by atoms with Crippen molar-refractivity contribution in [1.29, 1.82) is 0 Å². The number of ether oxygens (including phenoxy) is 1. The maximum absolute atomic E-state index is 12.5. The predicted octanol–water partition coefficient (Wildman–Crippen LogP) is 5.51. The Balaban J connectivity index is 1.59. The SMILES string of the molecule is CC(C)c1ccc([C@](O)(c2cncc(C3CCN(C(=O)OC(C)(C)C)CC3)c2)C2(C)CN(C)C2)cc1. The molecule has 3 heterocycles. The highest BCUT2D eigenvalue weighted by atomic mass is 16.6. The number of pyridine rings is 1. The molecular weight excluding hydrogens is 450 g/mol. The van der Waals surface area contributed by atoms with E-state index in [0.29, 0.717) is 24.9 Å². The van der Waals surface area contributed by atoms with E-state index in [2.05, 4.69) is 68.0 Å². The van der Waals surface area contributed by atoms with Crippen LogP contribution in [0.4, 0.5) is 4.79 Å². The van der Waals surface area contributed by atoms with Gasteiger partial charge in [-0.1, -0.05) is 45.0 Å². The molecule has 1 amide bonds. The minimum absolute atomic E-state index is 0.242. The third-order valence-electron chi connectivity index (χ3n) is 7.90. The van der Waals surface area contributed by atoms with Crippen molar-refractivity contribution in [2.24, 2.45) is 5.41 Å². The topological polar surface area (TPSA) is 65.9 Å². The molecule has 2 aliphatic rings. The molecule has 1 aromatic carbocycles. The van der Waals surface area contributed by atoms with Gasteiger partial charge >= 0.3 is 6.09 Å². The Morgan fingerprint density at radius 1 is 1.08 bits per heavy atom. The highest BCUT2D eigenvalue weighted by Crippen LogP contribution is 2.50. The van der Waals surface area contributed by atoms with Crippen LogP contribution in [0.3, 0.4) is 0 Å². The molecule has 0 spiro atoms. The molecule has 1 N–H and O–H groups in total. The number of carbonyl (C=O) groups excluding carboxylic acids is 1. The molecular formula is C30H43N3O3. The lowest BCUT2D eigenvalue weighted by Crippen LogP contribution is -2.63. The van der Waals surface area contributed by atoms with Gasteiger partial charge in [0.2, 0.25) is 0 Å². The molecule has 6 heteroatoms. The summed E-state index contributed by atoms with van der Waals surface area (Å²) in [7, 11) is 2.09. The zero-order chi connectivity index (χ0) is 26.3. The first-order chi connectivity index (χ1) is 16.8. The molecule has 1 aromatic heterocycles. The number of rotatable bonds is 5. The Hall–Kier alpha value is -2.44. The predicted molar refractivity (Wildman–Crippen MR) is 143 cm³/mol. The van der Waals surface area contributed by atoms with Crippen LogP contribution >= 0.6 is 0 Å². The van der Waals surface area contributed by atoms with Gasteiger partial charge in [0, 0.05) is 49.6 Å². The molecule has 0 saturated carbocycles. The van der Waals surface area contributed by atoms with Crippen molar-refractivity contribution in [1.82, 2.24) is 14.8 Å². The van der Waals surface area contributed by atoms with Gasteiger partial charge in [0.05, 0.1) is 0 Å². The Morgan fingerprint density at radius 2 is 1.69 bits per heavy atom. The summed E-state index contributed by atoms with van der Waals surface area (Å²) < 4.78 is 5.56. The Morgan fingerprint density at radius 3 is 2.22 bits per heavy atom. The van der Waals surface area contributed by atoms with Crippen molar-refractivity contribution in [2.45, 2.75) is 77.4 Å². The van der Waals surface area contributed by atoms with Gasteiger partial charge in [0.1, 0.15) is 11.2 Å². The zero-order valence-corrected chi connectivity index (χ0v) is 23.0. The summed E-state index contributed by atoms with van der Waals surface area (Å²) in [6.45, 7) is 15.2. The van der Waals surface area contributed by atoms with E-state index in [4.69, 9.17) is 4.74 Å². The van der Waals surface area contributed by atoms with E-state index in [9.17, 15) is 9.90 Å². The standard InChI is InChI=1S/C30H43N3O3/c1-21(2)22-8-10-25(11-9-22)30(35,29(6)19-32(7)20-29)26-16-24(17-31-18-26)23-12-14-33(15-13-23)27(34)36-28(3,4)5/h8-11,16-18,21,23,35H,12-15,19-20H2,1-7H3/t30-/m0/s1. The number of carbonyl (C=O) groups is 1. The van der Waals surface area contributed by atoms with Gasteiger partial charge in [-0.05, 0) is 75.3 Å². The van der Waals surface area contributed by atoms with Crippen LogP contribution in [0.15, 0.2) is 42.7 Å². The summed E-state index contributed by atoms with van der Waals surface area (Å²) >= 11 is 0. The molecule has 0 aliphatic carbocycles. The van der Waals surface area contributed by atoms with Gasteiger partial charge in [-0.3, -0.25) is 4.98 Å². The molecule has 2 fully saturated rings. The summed E-state index contributed by atoms with van der Waals surface area (Å²) in [6.07, 6.45) is 5.22. The van der Waals surface area contributed by atoms with E-state index < -0.39 is 11.2 Å². The van der Waals surface area contributed by atoms with Crippen molar-refractivity contribution in [3.63, 3.8) is 0 Å². The molecule has 1 atom stereocenters. The van der Waals surface area contributed by atoms with E-state index >= 15 is 0 Å². The minimum Gasteiger partial charge on any atom is -0.444 e. The second-order valence-electron chi connectivity index (χ2n) is 12.5. The number of nitrogens with zero attached hydrogens (tertiary/aromatic N) is 3. The molecule has 4 rings (SSSR count). The van der Waals surface area contributed by atoms with Crippen molar-refractivity contribution in [2.75, 3.05) is 33.2 Å². The van der Waals surface area contributed by atoms with Gasteiger partial charge in [-0.2, -0.15) is 0 Å². The van der Waals surface area contributed by atoms with Crippen LogP contribution in [0.1, 0.15) is 88.5 Å². The molecule has 0 radical (unpaired) electrons. The van der Waals surface area contributed by atoms with Crippen LogP contribution in [-0.2, 0) is 10.3 Å². The highest BCUT2D eigenvalue weighted by Gasteiger charge is 2.55. The second-order valence-corrected chi connectivity index (χ2v) is 12.5. The Labute approximate surface area is 216 Å². The first-order valence-corrected chi connectivity index (χ1v) is 13.3. The van der Waals surface area contributed by atoms with Crippen LogP contribution in [0.2, 0.25) is 0 Å². The quantitative estimate of drug-likeness (QED) is 0.595. The third-order valence-corrected chi connectivity index (χ3v) is 7.90. The number of aromatic nitrogens is 1. The second kappa shape index (κ2) is 9.79. The lowest BCUT2D eigenvalue weighted by atomic mass is 9.62. The summed E-state index contributed by atoms with van der Waals surface area (Å²) in [5, 5.41) is 12.5. The van der Waals surface area contributed by atoms with E-state index in [1.165, 1.54) is 5.56 Å². The molecule has 0 bridgehead atoms. The third kappa shape index (κ3) is 5.16. The normalized spacial score (nSPS) is 20.6. The molecule has 196 valence electrons. The zero-order valence-electron chi connectivity index (χ0n) is 23.0. The van der Waals surface area contributed by atoms with Crippen LogP contribution in [0.25, 0.3) is 0 Å². The first kappa shape index (κ1) is 26.6. The van der Waals surface area contributed by atoms with Crippen molar-refractivity contribution in [3.8, 4) is 0 Å². The van der Waals surface area contributed by atoms with E-state index in [-0.39, 0.29) is 11.5 Å². The van der Waals surface area contributed by atoms with Gasteiger partial charge < -0.3 is 19.6 Å². The summed E-state index contributed by atoms with van der Waals surface area (Å²) in [6, 6.07) is 10.6. The monoisotopic (exact) mass is 493 g/mol. The van der Waals surface area contributed by atoms with Gasteiger partial charge in [0.15, 0.2) is 0 Å². The minimum atomic E-state index is -1.14. The number of hydrogen-bond acceptors (Lipinski definition) is 5. The average Bonchev–Trinajstić information content (AvgIpc) is 2.81. The Bertz CT molecular complexity index is 1060. The van der Waals surface area contributed by atoms with Crippen molar-refractivity contribution in [3.05, 3.63) is 65.0 Å². The smallest absolute Gasteiger partial charge is 0.410 e. The van der Waals surface area contributed by atoms with Crippen LogP contribution in [0, 0.1) is 5.41 Å². The molecule has 2 aliphatic heterocycles. The van der Waals surface area contributed by atoms with Crippen molar-refractivity contribution < 1.29 is 14.6 Å². The highest BCUT2D eigenvalue weighted by molar-refractivity contribution is 5.68. The number of aliphatic hydroxyl groups is 1. The molecule has 0 unspecified atom stereocenters. The summed E-state index contributed by atoms with van der Waals surface area (Å²) in [4.78, 5) is 21.2. The molecule has 2 saturated heterocycles. The van der Waals surface area contributed by atoms with E-state index in [0.717, 1.165) is 42.6 Å². The van der Waals surface area contributed by atoms with Crippen LogP contribution in [-0.4, -0.2) is 64.8 Å². The lowest BCUT2D eigenvalue weighted by molar-refractivity contribution is -0.127. The van der Waals surface area contributed by atoms with Crippen molar-refractivity contribution >= 4 is 6.09 Å². The Kier molecular flexibility index (Phi) is 7.24. The van der Waals surface area contributed by atoms with Gasteiger partial charge in [-0.25, -0.2) is 4.79 Å². The lowest BCUT2D eigenvalue weighted by Gasteiger charge is -2.56. The largest absolute Gasteiger partial charge is 0.444 e. The molecule has 2 aromatic rings.